The fourth-order valence-electron chi connectivity index (χ4n) is 2.19. The lowest BCUT2D eigenvalue weighted by Crippen LogP contribution is -2.50. The first-order valence-corrected chi connectivity index (χ1v) is 5.92. The lowest BCUT2D eigenvalue weighted by molar-refractivity contribution is -0.121. The van der Waals surface area contributed by atoms with Crippen molar-refractivity contribution in [3.8, 4) is 0 Å². The van der Waals surface area contributed by atoms with E-state index in [1.165, 1.54) is 0 Å². The summed E-state index contributed by atoms with van der Waals surface area (Å²) in [5.74, 6) is 0. The summed E-state index contributed by atoms with van der Waals surface area (Å²) < 4.78 is 0. The minimum absolute atomic E-state index is 0.252. The van der Waals surface area contributed by atoms with Crippen molar-refractivity contribution in [1.29, 1.82) is 0 Å². The van der Waals surface area contributed by atoms with E-state index in [2.05, 4.69) is 30.5 Å². The zero-order chi connectivity index (χ0) is 12.3. The Bertz CT molecular complexity index is 402. The number of carbonyl (C=O) groups excluding carboxylic acids is 1. The van der Waals surface area contributed by atoms with Crippen LogP contribution in [0.25, 0.3) is 5.70 Å². The summed E-state index contributed by atoms with van der Waals surface area (Å²) >= 11 is 0. The van der Waals surface area contributed by atoms with E-state index in [1.807, 2.05) is 23.1 Å². The number of amides is 1. The molecule has 3 heteroatoms. The Morgan fingerprint density at radius 2 is 2.06 bits per heavy atom. The van der Waals surface area contributed by atoms with Gasteiger partial charge in [-0.2, -0.15) is 0 Å². The molecule has 1 aromatic carbocycles. The van der Waals surface area contributed by atoms with Gasteiger partial charge < -0.3 is 9.80 Å². The standard InChI is InChI=1S/C14H18N2O/c1-12-10-15(8-9-16(12)11-17)13(2)14-6-4-3-5-7-14/h3-7,11-12H,2,8-10H2,1H3. The molecule has 90 valence electrons. The molecule has 1 amide bonds. The van der Waals surface area contributed by atoms with E-state index < -0.39 is 0 Å². The molecule has 0 spiro atoms. The number of carbonyl (C=O) groups is 1. The monoisotopic (exact) mass is 230 g/mol. The second-order valence-corrected chi connectivity index (χ2v) is 4.45. The topological polar surface area (TPSA) is 23.6 Å². The van der Waals surface area contributed by atoms with Crippen molar-refractivity contribution in [2.45, 2.75) is 13.0 Å². The molecule has 0 N–H and O–H groups in total. The largest absolute Gasteiger partial charge is 0.368 e. The first-order valence-electron chi connectivity index (χ1n) is 5.92. The Hall–Kier alpha value is -1.77. The van der Waals surface area contributed by atoms with E-state index in [4.69, 9.17) is 0 Å². The fourth-order valence-corrected chi connectivity index (χ4v) is 2.19. The zero-order valence-electron chi connectivity index (χ0n) is 10.2. The highest BCUT2D eigenvalue weighted by atomic mass is 16.1. The second-order valence-electron chi connectivity index (χ2n) is 4.45. The molecule has 0 bridgehead atoms. The third-order valence-electron chi connectivity index (χ3n) is 3.30. The van der Waals surface area contributed by atoms with Crippen LogP contribution in [0.2, 0.25) is 0 Å². The quantitative estimate of drug-likeness (QED) is 0.739. The Kier molecular flexibility index (Phi) is 3.47. The fraction of sp³-hybridized carbons (Fsp3) is 0.357. The van der Waals surface area contributed by atoms with Crippen LogP contribution in [0.3, 0.4) is 0 Å². The highest BCUT2D eigenvalue weighted by molar-refractivity contribution is 5.62. The molecule has 0 aromatic heterocycles. The van der Waals surface area contributed by atoms with Gasteiger partial charge in [0, 0.05) is 31.4 Å². The van der Waals surface area contributed by atoms with Crippen LogP contribution in [0, 0.1) is 0 Å². The van der Waals surface area contributed by atoms with Crippen LogP contribution in [0.1, 0.15) is 12.5 Å². The van der Waals surface area contributed by atoms with Crippen molar-refractivity contribution in [3.05, 3.63) is 42.5 Å². The van der Waals surface area contributed by atoms with E-state index >= 15 is 0 Å². The van der Waals surface area contributed by atoms with Gasteiger partial charge in [-0.25, -0.2) is 0 Å². The lowest BCUT2D eigenvalue weighted by Gasteiger charge is -2.39. The molecule has 3 nitrogen and oxygen atoms in total. The number of nitrogens with zero attached hydrogens (tertiary/aromatic N) is 2. The van der Waals surface area contributed by atoms with Gasteiger partial charge in [0.1, 0.15) is 0 Å². The van der Waals surface area contributed by atoms with Crippen LogP contribution in [-0.2, 0) is 4.79 Å². The van der Waals surface area contributed by atoms with Crippen molar-refractivity contribution in [2.75, 3.05) is 19.6 Å². The van der Waals surface area contributed by atoms with Gasteiger partial charge >= 0.3 is 0 Å². The molecular weight excluding hydrogens is 212 g/mol. The van der Waals surface area contributed by atoms with Crippen molar-refractivity contribution in [3.63, 3.8) is 0 Å². The molecule has 2 rings (SSSR count). The molecule has 1 aliphatic rings. The SMILES string of the molecule is C=C(c1ccccc1)N1CCN(C=O)C(C)C1. The van der Waals surface area contributed by atoms with Gasteiger partial charge in [-0.3, -0.25) is 4.79 Å². The molecular formula is C14H18N2O. The van der Waals surface area contributed by atoms with Crippen molar-refractivity contribution >= 4 is 12.1 Å². The molecule has 1 atom stereocenters. The maximum Gasteiger partial charge on any atom is 0.210 e. The zero-order valence-corrected chi connectivity index (χ0v) is 10.2. The van der Waals surface area contributed by atoms with Crippen molar-refractivity contribution in [1.82, 2.24) is 9.80 Å². The summed E-state index contributed by atoms with van der Waals surface area (Å²) in [7, 11) is 0. The van der Waals surface area contributed by atoms with E-state index in [-0.39, 0.29) is 6.04 Å². The van der Waals surface area contributed by atoms with E-state index in [1.54, 1.807) is 0 Å². The van der Waals surface area contributed by atoms with Gasteiger partial charge in [0.2, 0.25) is 6.41 Å². The minimum atomic E-state index is 0.252. The normalized spacial score (nSPS) is 20.2. The number of hydrogen-bond donors (Lipinski definition) is 0. The maximum absolute atomic E-state index is 10.8. The lowest BCUT2D eigenvalue weighted by atomic mass is 10.1. The van der Waals surface area contributed by atoms with E-state index in [0.29, 0.717) is 0 Å². The summed E-state index contributed by atoms with van der Waals surface area (Å²) in [6, 6.07) is 10.4. The molecule has 1 aliphatic heterocycles. The molecule has 0 saturated carbocycles. The van der Waals surface area contributed by atoms with Crippen molar-refractivity contribution in [2.24, 2.45) is 0 Å². The van der Waals surface area contributed by atoms with Gasteiger partial charge in [0.15, 0.2) is 0 Å². The second kappa shape index (κ2) is 5.04. The van der Waals surface area contributed by atoms with E-state index in [0.717, 1.165) is 37.3 Å². The summed E-state index contributed by atoms with van der Waals surface area (Å²) in [6.07, 6.45) is 0.938. The first kappa shape index (κ1) is 11.7. The van der Waals surface area contributed by atoms with Gasteiger partial charge in [-0.05, 0) is 12.5 Å². The number of hydrogen-bond acceptors (Lipinski definition) is 2. The van der Waals surface area contributed by atoms with Crippen molar-refractivity contribution < 1.29 is 4.79 Å². The minimum Gasteiger partial charge on any atom is -0.368 e. The molecule has 1 unspecified atom stereocenters. The van der Waals surface area contributed by atoms with Gasteiger partial charge in [0.05, 0.1) is 0 Å². The Balaban J connectivity index is 2.05. The van der Waals surface area contributed by atoms with Crippen LogP contribution in [-0.4, -0.2) is 41.9 Å². The summed E-state index contributed by atoms with van der Waals surface area (Å²) in [6.45, 7) is 8.71. The highest BCUT2D eigenvalue weighted by Crippen LogP contribution is 2.20. The average Bonchev–Trinajstić information content (AvgIpc) is 2.39. The number of rotatable bonds is 3. The smallest absolute Gasteiger partial charge is 0.210 e. The Morgan fingerprint density at radius 3 is 2.65 bits per heavy atom. The third-order valence-corrected chi connectivity index (χ3v) is 3.30. The number of piperazine rings is 1. The molecule has 1 heterocycles. The Morgan fingerprint density at radius 1 is 1.35 bits per heavy atom. The first-order chi connectivity index (χ1) is 8.22. The van der Waals surface area contributed by atoms with Crippen LogP contribution in [0.5, 0.6) is 0 Å². The predicted octanol–water partition coefficient (Wildman–Crippen LogP) is 1.82. The van der Waals surface area contributed by atoms with Crippen LogP contribution >= 0.6 is 0 Å². The molecule has 1 fully saturated rings. The molecule has 17 heavy (non-hydrogen) atoms. The Labute approximate surface area is 102 Å². The summed E-state index contributed by atoms with van der Waals surface area (Å²) in [5, 5.41) is 0. The van der Waals surface area contributed by atoms with Gasteiger partial charge in [-0.15, -0.1) is 0 Å². The van der Waals surface area contributed by atoms with Crippen LogP contribution < -0.4 is 0 Å². The molecule has 1 aromatic rings. The third kappa shape index (κ3) is 2.49. The highest BCUT2D eigenvalue weighted by Gasteiger charge is 2.23. The van der Waals surface area contributed by atoms with Gasteiger partial charge in [-0.1, -0.05) is 36.9 Å². The van der Waals surface area contributed by atoms with E-state index in [9.17, 15) is 4.79 Å². The van der Waals surface area contributed by atoms with Crippen LogP contribution in [0.4, 0.5) is 0 Å². The maximum atomic E-state index is 10.8. The summed E-state index contributed by atoms with van der Waals surface area (Å²) in [5.41, 5.74) is 2.20. The van der Waals surface area contributed by atoms with Gasteiger partial charge in [0.25, 0.3) is 0 Å². The molecule has 0 radical (unpaired) electrons. The molecule has 0 aliphatic carbocycles. The average molecular weight is 230 g/mol. The number of benzene rings is 1. The molecule has 1 saturated heterocycles. The van der Waals surface area contributed by atoms with Crippen LogP contribution in [0.15, 0.2) is 36.9 Å². The predicted molar refractivity (Wildman–Crippen MR) is 69.3 cm³/mol. The summed E-state index contributed by atoms with van der Waals surface area (Å²) in [4.78, 5) is 14.9.